The van der Waals surface area contributed by atoms with Gasteiger partial charge in [-0.05, 0) is 34.9 Å². The van der Waals surface area contributed by atoms with Crippen molar-refractivity contribution in [3.05, 3.63) is 200 Å². The first-order valence-electron chi connectivity index (χ1n) is 23.1. The molecule has 0 spiro atoms. The summed E-state index contributed by atoms with van der Waals surface area (Å²) in [4.78, 5) is 15.3. The van der Waals surface area contributed by atoms with Crippen molar-refractivity contribution in [1.29, 1.82) is 0 Å². The summed E-state index contributed by atoms with van der Waals surface area (Å²) in [6.45, 7) is 0. The summed E-state index contributed by atoms with van der Waals surface area (Å²) in [5.74, 6) is 1.23. The molecule has 0 aliphatic heterocycles. The van der Waals surface area contributed by atoms with E-state index in [0.29, 0.717) is 39.8 Å². The molecule has 0 bridgehead atoms. The Hall–Kier alpha value is -7.63. The van der Waals surface area contributed by atoms with Crippen LogP contribution in [0, 0.1) is 0 Å². The molecular formula is C51H33N5. The number of hydrogen-bond acceptors (Lipinski definition) is 3. The molecule has 56 heavy (non-hydrogen) atoms. The molecule has 0 aliphatic rings. The van der Waals surface area contributed by atoms with Crippen LogP contribution in [0.5, 0.6) is 0 Å². The van der Waals surface area contributed by atoms with Crippen LogP contribution in [0.3, 0.4) is 0 Å². The maximum absolute atomic E-state index is 9.33. The minimum absolute atomic E-state index is 0.0771. The summed E-state index contributed by atoms with van der Waals surface area (Å²) in [6, 6.07) is 38.6. The van der Waals surface area contributed by atoms with Crippen LogP contribution in [0.1, 0.15) is 13.7 Å². The fourth-order valence-corrected chi connectivity index (χ4v) is 7.81. The first-order valence-corrected chi connectivity index (χ1v) is 18.1. The lowest BCUT2D eigenvalue weighted by Gasteiger charge is -2.19. The Balaban J connectivity index is 1.36. The molecule has 262 valence electrons. The van der Waals surface area contributed by atoms with Gasteiger partial charge in [-0.2, -0.15) is 9.97 Å². The maximum Gasteiger partial charge on any atom is 0.238 e. The van der Waals surface area contributed by atoms with Crippen molar-refractivity contribution in [2.45, 2.75) is 0 Å². The van der Waals surface area contributed by atoms with E-state index in [1.165, 1.54) is 0 Å². The van der Waals surface area contributed by atoms with Crippen molar-refractivity contribution < 1.29 is 13.7 Å². The Morgan fingerprint density at radius 1 is 0.375 bits per heavy atom. The molecule has 0 fully saturated rings. The quantitative estimate of drug-likeness (QED) is 0.171. The lowest BCUT2D eigenvalue weighted by atomic mass is 9.93. The predicted octanol–water partition coefficient (Wildman–Crippen LogP) is 12.7. The van der Waals surface area contributed by atoms with E-state index in [1.54, 1.807) is 18.2 Å². The van der Waals surface area contributed by atoms with E-state index in [1.807, 2.05) is 124 Å². The Kier molecular flexibility index (Phi) is 5.41. The molecule has 0 amide bonds. The largest absolute Gasteiger partial charge is 0.307 e. The molecule has 5 heteroatoms. The molecule has 11 rings (SSSR count). The van der Waals surface area contributed by atoms with Crippen molar-refractivity contribution in [2.75, 3.05) is 0 Å². The highest BCUT2D eigenvalue weighted by molar-refractivity contribution is 6.24. The van der Waals surface area contributed by atoms with Crippen LogP contribution in [-0.2, 0) is 0 Å². The maximum atomic E-state index is 9.33. The highest BCUT2D eigenvalue weighted by atomic mass is 15.2. The van der Waals surface area contributed by atoms with E-state index in [9.17, 15) is 2.74 Å². The van der Waals surface area contributed by atoms with E-state index in [4.69, 9.17) is 25.9 Å². The van der Waals surface area contributed by atoms with Crippen LogP contribution < -0.4 is 0 Å². The van der Waals surface area contributed by atoms with Crippen molar-refractivity contribution in [3.8, 4) is 56.7 Å². The molecule has 0 saturated carbocycles. The van der Waals surface area contributed by atoms with Crippen LogP contribution in [-0.4, -0.2) is 24.1 Å². The second kappa shape index (κ2) is 13.0. The zero-order chi connectivity index (χ0) is 45.7. The molecule has 0 atom stereocenters. The fourth-order valence-electron chi connectivity index (χ4n) is 7.81. The number of hydrogen-bond donors (Lipinski definition) is 0. The molecular weight excluding hydrogens is 683 g/mol. The molecule has 0 aliphatic carbocycles. The summed E-state index contributed by atoms with van der Waals surface area (Å²) in [5.41, 5.74) is 4.50. The summed E-state index contributed by atoms with van der Waals surface area (Å²) in [6.07, 6.45) is 0. The fraction of sp³-hybridized carbons (Fsp3) is 0. The zero-order valence-electron chi connectivity index (χ0n) is 39.5. The van der Waals surface area contributed by atoms with Crippen molar-refractivity contribution in [1.82, 2.24) is 24.1 Å². The van der Waals surface area contributed by atoms with Crippen molar-refractivity contribution in [2.24, 2.45) is 0 Å². The summed E-state index contributed by atoms with van der Waals surface area (Å²) < 4.78 is 92.7. The highest BCUT2D eigenvalue weighted by Gasteiger charge is 2.25. The van der Waals surface area contributed by atoms with Crippen LogP contribution in [0.4, 0.5) is 0 Å². The normalized spacial score (nSPS) is 14.1. The van der Waals surface area contributed by atoms with Gasteiger partial charge in [0.15, 0.2) is 11.6 Å². The molecule has 0 unspecified atom stereocenters. The Labute approximate surface area is 337 Å². The van der Waals surface area contributed by atoms with Gasteiger partial charge in [0.05, 0.1) is 41.5 Å². The highest BCUT2D eigenvalue weighted by Crippen LogP contribution is 2.45. The molecule has 5 nitrogen and oxygen atoms in total. The van der Waals surface area contributed by atoms with Crippen LogP contribution in [0.25, 0.3) is 100 Å². The van der Waals surface area contributed by atoms with Gasteiger partial charge < -0.3 is 4.57 Å². The molecule has 8 aromatic carbocycles. The van der Waals surface area contributed by atoms with Gasteiger partial charge >= 0.3 is 0 Å². The summed E-state index contributed by atoms with van der Waals surface area (Å²) in [5, 5.41) is 3.38. The molecule has 3 heterocycles. The van der Waals surface area contributed by atoms with E-state index < -0.39 is 60.4 Å². The van der Waals surface area contributed by atoms with Gasteiger partial charge in [0.25, 0.3) is 0 Å². The van der Waals surface area contributed by atoms with E-state index >= 15 is 0 Å². The third-order valence-corrected chi connectivity index (χ3v) is 10.2. The van der Waals surface area contributed by atoms with Gasteiger partial charge in [0, 0.05) is 38.2 Å². The summed E-state index contributed by atoms with van der Waals surface area (Å²) in [7, 11) is 0. The van der Waals surface area contributed by atoms with Gasteiger partial charge in [-0.15, -0.1) is 0 Å². The van der Waals surface area contributed by atoms with Crippen molar-refractivity contribution >= 4 is 43.6 Å². The number of benzene rings is 8. The zero-order valence-corrected chi connectivity index (χ0v) is 29.5. The van der Waals surface area contributed by atoms with Gasteiger partial charge in [-0.1, -0.05) is 182 Å². The van der Waals surface area contributed by atoms with Crippen LogP contribution in [0.2, 0.25) is 0 Å². The Morgan fingerprint density at radius 3 is 1.46 bits per heavy atom. The monoisotopic (exact) mass is 725 g/mol. The van der Waals surface area contributed by atoms with Gasteiger partial charge in [0.2, 0.25) is 5.95 Å². The summed E-state index contributed by atoms with van der Waals surface area (Å²) >= 11 is 0. The number of aromatic nitrogens is 5. The van der Waals surface area contributed by atoms with E-state index in [2.05, 4.69) is 6.07 Å². The van der Waals surface area contributed by atoms with Gasteiger partial charge in [-0.25, -0.2) is 4.98 Å². The SMILES string of the molecule is [2H]c1c([2H])c([2H])c(-c2cccc(-n3c4ccccc4c4ccc5c6ccccc6n(-c6nc(-c7ccccc7)nc(-c7ccccc7)n6)c5c43)c2-c2c([2H])c([2H])c([2H])c([2H])c2[2H])c([2H])c1[2H]. The predicted molar refractivity (Wildman–Crippen MR) is 230 cm³/mol. The first kappa shape index (κ1) is 23.2. The molecule has 0 N–H and O–H groups in total. The van der Waals surface area contributed by atoms with Crippen LogP contribution in [0.15, 0.2) is 200 Å². The average molecular weight is 726 g/mol. The smallest absolute Gasteiger partial charge is 0.238 e. The standard InChI is InChI=1S/C51H33N5/c1-5-18-34(19-6-1)38-28-17-31-45(46(38)35-20-7-2-8-21-35)55-43-29-15-13-26-39(43)41-32-33-42-40-27-14-16-30-44(40)56(48(42)47(41)55)51-53-49(36-22-9-3-10-23-36)52-50(54-51)37-24-11-4-12-25-37/h1-33H/i1D,2D,5D,6D,7D,8D,18D,19D,20D,21D. The minimum Gasteiger partial charge on any atom is -0.307 e. The number of fused-ring (bicyclic) bond motifs is 7. The van der Waals surface area contributed by atoms with E-state index in [0.717, 1.165) is 38.2 Å². The van der Waals surface area contributed by atoms with Gasteiger partial charge in [0.1, 0.15) is 0 Å². The van der Waals surface area contributed by atoms with Crippen molar-refractivity contribution in [3.63, 3.8) is 0 Å². The molecule has 3 aromatic heterocycles. The first-order chi connectivity index (χ1) is 32.0. The second-order valence-corrected chi connectivity index (χ2v) is 13.3. The average Bonchev–Trinajstić information content (AvgIpc) is 3.88. The topological polar surface area (TPSA) is 48.5 Å². The third kappa shape index (κ3) is 5.06. The molecule has 0 saturated heterocycles. The minimum atomic E-state index is -0.597. The Morgan fingerprint density at radius 2 is 0.875 bits per heavy atom. The number of nitrogens with zero attached hydrogens (tertiary/aromatic N) is 5. The lowest BCUT2D eigenvalue weighted by Crippen LogP contribution is -2.07. The van der Waals surface area contributed by atoms with E-state index in [-0.39, 0.29) is 22.3 Å². The van der Waals surface area contributed by atoms with Crippen LogP contribution >= 0.6 is 0 Å². The van der Waals surface area contributed by atoms with Gasteiger partial charge in [-0.3, -0.25) is 4.57 Å². The second-order valence-electron chi connectivity index (χ2n) is 13.3. The lowest BCUT2D eigenvalue weighted by molar-refractivity contribution is 0.953. The third-order valence-electron chi connectivity index (χ3n) is 10.2. The molecule has 0 radical (unpaired) electrons. The number of para-hydroxylation sites is 2. The number of rotatable bonds is 6. The molecule has 11 aromatic rings. The Bertz CT molecular complexity index is 3720.